The largest absolute Gasteiger partial charge is 0.338 e. The van der Waals surface area contributed by atoms with Crippen LogP contribution in [0.3, 0.4) is 0 Å². The number of carbonyl (C=O) groups excluding carboxylic acids is 2. The van der Waals surface area contributed by atoms with E-state index < -0.39 is 0 Å². The fourth-order valence-electron chi connectivity index (χ4n) is 2.25. The van der Waals surface area contributed by atoms with Gasteiger partial charge in [-0.1, -0.05) is 17.7 Å². The first kappa shape index (κ1) is 13.5. The Kier molecular flexibility index (Phi) is 4.16. The Bertz CT molecular complexity index is 479. The maximum Gasteiger partial charge on any atom is 0.253 e. The number of hydrogen-bond donors (Lipinski definition) is 1. The van der Waals surface area contributed by atoms with Crippen LogP contribution in [-0.2, 0) is 4.79 Å². The summed E-state index contributed by atoms with van der Waals surface area (Å²) in [5, 5.41) is 0. The lowest BCUT2D eigenvalue weighted by molar-refractivity contribution is -0.131. The van der Waals surface area contributed by atoms with Crippen molar-refractivity contribution in [2.45, 2.75) is 6.92 Å². The van der Waals surface area contributed by atoms with Gasteiger partial charge in [-0.3, -0.25) is 9.59 Å². The molecule has 2 N–H and O–H groups in total. The minimum Gasteiger partial charge on any atom is -0.338 e. The summed E-state index contributed by atoms with van der Waals surface area (Å²) in [6.45, 7) is 4.26. The SMILES string of the molecule is Cc1cccc(C(=O)N2CCN(C(=O)CN)CC2)c1. The fourth-order valence-corrected chi connectivity index (χ4v) is 2.25. The van der Waals surface area contributed by atoms with Crippen molar-refractivity contribution in [2.75, 3.05) is 32.7 Å². The van der Waals surface area contributed by atoms with Gasteiger partial charge in [0.15, 0.2) is 0 Å². The van der Waals surface area contributed by atoms with Crippen LogP contribution in [-0.4, -0.2) is 54.3 Å². The number of hydrogen-bond acceptors (Lipinski definition) is 3. The lowest BCUT2D eigenvalue weighted by Crippen LogP contribution is -2.51. The standard InChI is InChI=1S/C14H19N3O2/c1-11-3-2-4-12(9-11)14(19)17-7-5-16(6-8-17)13(18)10-15/h2-4,9H,5-8,10,15H2,1H3. The van der Waals surface area contributed by atoms with Crippen molar-refractivity contribution < 1.29 is 9.59 Å². The molecule has 0 saturated carbocycles. The zero-order valence-electron chi connectivity index (χ0n) is 11.1. The quantitative estimate of drug-likeness (QED) is 0.829. The smallest absolute Gasteiger partial charge is 0.253 e. The number of aryl methyl sites for hydroxylation is 1. The van der Waals surface area contributed by atoms with Crippen LogP contribution in [0.5, 0.6) is 0 Å². The summed E-state index contributed by atoms with van der Waals surface area (Å²) < 4.78 is 0. The van der Waals surface area contributed by atoms with E-state index in [1.165, 1.54) is 0 Å². The molecule has 1 saturated heterocycles. The molecule has 5 heteroatoms. The van der Waals surface area contributed by atoms with Gasteiger partial charge in [0, 0.05) is 31.7 Å². The first-order valence-electron chi connectivity index (χ1n) is 6.45. The maximum absolute atomic E-state index is 12.3. The molecule has 0 atom stereocenters. The summed E-state index contributed by atoms with van der Waals surface area (Å²) in [5.41, 5.74) is 7.11. The summed E-state index contributed by atoms with van der Waals surface area (Å²) >= 11 is 0. The van der Waals surface area contributed by atoms with E-state index >= 15 is 0 Å². The summed E-state index contributed by atoms with van der Waals surface area (Å²) in [6, 6.07) is 7.57. The Balaban J connectivity index is 1.98. The minimum atomic E-state index is -0.0531. The van der Waals surface area contributed by atoms with Crippen molar-refractivity contribution in [2.24, 2.45) is 5.73 Å². The van der Waals surface area contributed by atoms with Crippen LogP contribution < -0.4 is 5.73 Å². The second-order valence-corrected chi connectivity index (χ2v) is 4.75. The highest BCUT2D eigenvalue weighted by molar-refractivity contribution is 5.94. The van der Waals surface area contributed by atoms with Crippen LogP contribution in [0.2, 0.25) is 0 Å². The average molecular weight is 261 g/mol. The molecule has 0 spiro atoms. The van der Waals surface area contributed by atoms with Crippen molar-refractivity contribution in [3.05, 3.63) is 35.4 Å². The monoisotopic (exact) mass is 261 g/mol. The minimum absolute atomic E-state index is 0.0311. The number of benzene rings is 1. The maximum atomic E-state index is 12.3. The van der Waals surface area contributed by atoms with Crippen molar-refractivity contribution in [1.82, 2.24) is 9.80 Å². The highest BCUT2D eigenvalue weighted by atomic mass is 16.2. The fraction of sp³-hybridized carbons (Fsp3) is 0.429. The molecule has 0 aromatic heterocycles. The topological polar surface area (TPSA) is 66.6 Å². The second-order valence-electron chi connectivity index (χ2n) is 4.75. The van der Waals surface area contributed by atoms with E-state index in [9.17, 15) is 9.59 Å². The number of carbonyl (C=O) groups is 2. The molecule has 1 aromatic rings. The lowest BCUT2D eigenvalue weighted by atomic mass is 10.1. The third-order valence-electron chi connectivity index (χ3n) is 3.36. The zero-order chi connectivity index (χ0) is 13.8. The lowest BCUT2D eigenvalue weighted by Gasteiger charge is -2.34. The molecule has 102 valence electrons. The van der Waals surface area contributed by atoms with E-state index in [0.717, 1.165) is 5.56 Å². The molecule has 1 aliphatic heterocycles. The van der Waals surface area contributed by atoms with Gasteiger partial charge in [-0.05, 0) is 19.1 Å². The van der Waals surface area contributed by atoms with Crippen LogP contribution in [0.25, 0.3) is 0 Å². The molecule has 2 rings (SSSR count). The first-order chi connectivity index (χ1) is 9.11. The normalized spacial score (nSPS) is 15.5. The zero-order valence-corrected chi connectivity index (χ0v) is 11.1. The van der Waals surface area contributed by atoms with Gasteiger partial charge in [-0.25, -0.2) is 0 Å². The Morgan fingerprint density at radius 1 is 1.16 bits per heavy atom. The van der Waals surface area contributed by atoms with Crippen molar-refractivity contribution >= 4 is 11.8 Å². The summed E-state index contributed by atoms with van der Waals surface area (Å²) in [5.74, 6) is -0.0220. The highest BCUT2D eigenvalue weighted by Gasteiger charge is 2.24. The van der Waals surface area contributed by atoms with E-state index in [4.69, 9.17) is 5.73 Å². The summed E-state index contributed by atoms with van der Waals surface area (Å²) in [7, 11) is 0. The van der Waals surface area contributed by atoms with Crippen LogP contribution in [0.4, 0.5) is 0 Å². The van der Waals surface area contributed by atoms with Gasteiger partial charge >= 0.3 is 0 Å². The Morgan fingerprint density at radius 3 is 2.37 bits per heavy atom. The van der Waals surface area contributed by atoms with Crippen LogP contribution in [0.15, 0.2) is 24.3 Å². The molecule has 5 nitrogen and oxygen atoms in total. The molecule has 19 heavy (non-hydrogen) atoms. The van der Waals surface area contributed by atoms with E-state index in [-0.39, 0.29) is 18.4 Å². The van der Waals surface area contributed by atoms with Crippen molar-refractivity contribution in [1.29, 1.82) is 0 Å². The van der Waals surface area contributed by atoms with Crippen LogP contribution in [0, 0.1) is 6.92 Å². The summed E-state index contributed by atoms with van der Waals surface area (Å²) in [4.78, 5) is 27.2. The molecule has 0 bridgehead atoms. The number of amides is 2. The van der Waals surface area contributed by atoms with Crippen molar-refractivity contribution in [3.8, 4) is 0 Å². The average Bonchev–Trinajstić information content (AvgIpc) is 2.46. The first-order valence-corrected chi connectivity index (χ1v) is 6.45. The molecule has 0 radical (unpaired) electrons. The van der Waals surface area contributed by atoms with Gasteiger partial charge < -0.3 is 15.5 Å². The Hall–Kier alpha value is -1.88. The third kappa shape index (κ3) is 3.12. The van der Waals surface area contributed by atoms with Crippen molar-refractivity contribution in [3.63, 3.8) is 0 Å². The number of piperazine rings is 1. The number of nitrogens with zero attached hydrogens (tertiary/aromatic N) is 2. The third-order valence-corrected chi connectivity index (χ3v) is 3.36. The number of rotatable bonds is 2. The predicted octanol–water partition coefficient (Wildman–Crippen LogP) is 0.238. The van der Waals surface area contributed by atoms with E-state index in [1.807, 2.05) is 31.2 Å². The predicted molar refractivity (Wildman–Crippen MR) is 72.7 cm³/mol. The van der Waals surface area contributed by atoms with E-state index in [0.29, 0.717) is 31.7 Å². The van der Waals surface area contributed by atoms with E-state index in [1.54, 1.807) is 9.80 Å². The molecule has 1 fully saturated rings. The Labute approximate surface area is 113 Å². The van der Waals surface area contributed by atoms with Gasteiger partial charge in [-0.15, -0.1) is 0 Å². The molecule has 0 unspecified atom stereocenters. The molecule has 1 aromatic carbocycles. The number of nitrogens with two attached hydrogens (primary N) is 1. The molecule has 2 amide bonds. The van der Waals surface area contributed by atoms with Gasteiger partial charge in [0.1, 0.15) is 0 Å². The van der Waals surface area contributed by atoms with Crippen LogP contribution in [0.1, 0.15) is 15.9 Å². The molecule has 1 heterocycles. The summed E-state index contributed by atoms with van der Waals surface area (Å²) in [6.07, 6.45) is 0. The highest BCUT2D eigenvalue weighted by Crippen LogP contribution is 2.10. The van der Waals surface area contributed by atoms with E-state index in [2.05, 4.69) is 0 Å². The molecular formula is C14H19N3O2. The van der Waals surface area contributed by atoms with Crippen LogP contribution >= 0.6 is 0 Å². The van der Waals surface area contributed by atoms with Gasteiger partial charge in [0.05, 0.1) is 6.54 Å². The van der Waals surface area contributed by atoms with Gasteiger partial charge in [0.25, 0.3) is 5.91 Å². The second kappa shape index (κ2) is 5.84. The molecular weight excluding hydrogens is 242 g/mol. The molecule has 0 aliphatic carbocycles. The molecule has 1 aliphatic rings. The van der Waals surface area contributed by atoms with Gasteiger partial charge in [0.2, 0.25) is 5.91 Å². The van der Waals surface area contributed by atoms with Gasteiger partial charge in [-0.2, -0.15) is 0 Å². The Morgan fingerprint density at radius 2 is 1.79 bits per heavy atom.